The third-order valence-corrected chi connectivity index (χ3v) is 3.61. The Morgan fingerprint density at radius 2 is 2.19 bits per heavy atom. The Balaban J connectivity index is 2.11. The van der Waals surface area contributed by atoms with Crippen LogP contribution in [0.15, 0.2) is 22.8 Å². The maximum atomic E-state index is 11.7. The van der Waals surface area contributed by atoms with E-state index in [1.54, 1.807) is 6.08 Å². The first-order valence-electron chi connectivity index (χ1n) is 6.43. The number of nitrogens with two attached hydrogens (primary N) is 1. The quantitative estimate of drug-likeness (QED) is 0.423. The van der Waals surface area contributed by atoms with Gasteiger partial charge in [0, 0.05) is 6.61 Å². The standard InChI is InChI=1S/C12H15N5O4/c13-12-15-10-7(11(21)16-12)14-4-17(10)6-3-5(1-2-18)8(19)9(6)20/h3-4,6,8-9,18-20H,1-2H2,(H3,13,15,16,21)/t6-,8-,9+/m1/s1. The zero-order chi connectivity index (χ0) is 15.1. The summed E-state index contributed by atoms with van der Waals surface area (Å²) < 4.78 is 1.49. The van der Waals surface area contributed by atoms with E-state index in [4.69, 9.17) is 10.8 Å². The number of aromatic nitrogens is 4. The van der Waals surface area contributed by atoms with E-state index in [1.165, 1.54) is 10.9 Å². The van der Waals surface area contributed by atoms with Crippen molar-refractivity contribution in [3.8, 4) is 0 Å². The first-order chi connectivity index (χ1) is 10.0. The molecule has 0 spiro atoms. The second-order valence-electron chi connectivity index (χ2n) is 4.92. The lowest BCUT2D eigenvalue weighted by Gasteiger charge is -2.18. The summed E-state index contributed by atoms with van der Waals surface area (Å²) in [5, 5.41) is 29.1. The topological polar surface area (TPSA) is 150 Å². The van der Waals surface area contributed by atoms with E-state index in [2.05, 4.69) is 15.0 Å². The summed E-state index contributed by atoms with van der Waals surface area (Å²) in [6.45, 7) is -0.127. The number of nitrogens with one attached hydrogen (secondary N) is 1. The van der Waals surface area contributed by atoms with Crippen LogP contribution in [0.25, 0.3) is 11.2 Å². The summed E-state index contributed by atoms with van der Waals surface area (Å²) in [4.78, 5) is 22.1. The van der Waals surface area contributed by atoms with Gasteiger partial charge in [0.25, 0.3) is 5.56 Å². The third kappa shape index (κ3) is 2.11. The molecule has 0 aliphatic heterocycles. The maximum Gasteiger partial charge on any atom is 0.280 e. The number of aromatic amines is 1. The van der Waals surface area contributed by atoms with Crippen LogP contribution in [-0.4, -0.2) is 53.7 Å². The van der Waals surface area contributed by atoms with Gasteiger partial charge in [-0.15, -0.1) is 0 Å². The van der Waals surface area contributed by atoms with E-state index in [-0.39, 0.29) is 30.1 Å². The van der Waals surface area contributed by atoms with Crippen molar-refractivity contribution in [2.24, 2.45) is 0 Å². The van der Waals surface area contributed by atoms with Crippen LogP contribution < -0.4 is 11.3 Å². The molecule has 1 aliphatic carbocycles. The first kappa shape index (κ1) is 13.7. The minimum Gasteiger partial charge on any atom is -0.396 e. The number of imidazole rings is 1. The van der Waals surface area contributed by atoms with E-state index in [0.29, 0.717) is 5.57 Å². The number of aliphatic hydroxyl groups excluding tert-OH is 3. The number of nitrogens with zero attached hydrogens (tertiary/aromatic N) is 3. The zero-order valence-corrected chi connectivity index (χ0v) is 11.0. The predicted molar refractivity (Wildman–Crippen MR) is 73.4 cm³/mol. The highest BCUT2D eigenvalue weighted by atomic mass is 16.3. The van der Waals surface area contributed by atoms with Gasteiger partial charge in [-0.25, -0.2) is 4.98 Å². The molecule has 0 saturated carbocycles. The molecular weight excluding hydrogens is 278 g/mol. The Morgan fingerprint density at radius 1 is 1.43 bits per heavy atom. The van der Waals surface area contributed by atoms with Gasteiger partial charge in [-0.3, -0.25) is 9.78 Å². The highest BCUT2D eigenvalue weighted by molar-refractivity contribution is 5.70. The van der Waals surface area contributed by atoms with Gasteiger partial charge < -0.3 is 25.6 Å². The second-order valence-corrected chi connectivity index (χ2v) is 4.92. The van der Waals surface area contributed by atoms with Crippen molar-refractivity contribution in [2.45, 2.75) is 24.7 Å². The highest BCUT2D eigenvalue weighted by Crippen LogP contribution is 2.32. The summed E-state index contributed by atoms with van der Waals surface area (Å²) in [6, 6.07) is -0.625. The normalized spacial score (nSPS) is 25.5. The van der Waals surface area contributed by atoms with Gasteiger partial charge in [0.2, 0.25) is 5.95 Å². The van der Waals surface area contributed by atoms with Gasteiger partial charge in [-0.1, -0.05) is 6.08 Å². The Morgan fingerprint density at radius 3 is 2.90 bits per heavy atom. The summed E-state index contributed by atoms with van der Waals surface area (Å²) in [5.41, 5.74) is 5.93. The molecule has 21 heavy (non-hydrogen) atoms. The lowest BCUT2D eigenvalue weighted by atomic mass is 10.1. The van der Waals surface area contributed by atoms with Gasteiger partial charge in [-0.05, 0) is 12.0 Å². The van der Waals surface area contributed by atoms with Crippen molar-refractivity contribution in [3.63, 3.8) is 0 Å². The average molecular weight is 293 g/mol. The van der Waals surface area contributed by atoms with Gasteiger partial charge in [-0.2, -0.15) is 4.98 Å². The third-order valence-electron chi connectivity index (χ3n) is 3.61. The molecule has 6 N–H and O–H groups in total. The molecule has 9 heteroatoms. The van der Waals surface area contributed by atoms with Gasteiger partial charge in [0.1, 0.15) is 12.2 Å². The van der Waals surface area contributed by atoms with Crippen molar-refractivity contribution in [1.82, 2.24) is 19.5 Å². The summed E-state index contributed by atoms with van der Waals surface area (Å²) in [6.07, 6.45) is 1.10. The minimum atomic E-state index is -1.11. The molecule has 0 bridgehead atoms. The number of aliphatic hydroxyl groups is 3. The molecule has 112 valence electrons. The van der Waals surface area contributed by atoms with E-state index < -0.39 is 23.8 Å². The monoisotopic (exact) mass is 293 g/mol. The Kier molecular flexibility index (Phi) is 3.24. The average Bonchev–Trinajstić information content (AvgIpc) is 2.96. The molecule has 2 heterocycles. The molecule has 3 rings (SSSR count). The number of anilines is 1. The number of hydrogen-bond acceptors (Lipinski definition) is 7. The molecule has 0 fully saturated rings. The van der Waals surface area contributed by atoms with Gasteiger partial charge in [0.05, 0.1) is 12.4 Å². The molecule has 0 saturated heterocycles. The van der Waals surface area contributed by atoms with Crippen molar-refractivity contribution < 1.29 is 15.3 Å². The molecule has 0 amide bonds. The van der Waals surface area contributed by atoms with Crippen LogP contribution in [-0.2, 0) is 0 Å². The largest absolute Gasteiger partial charge is 0.396 e. The summed E-state index contributed by atoms with van der Waals surface area (Å²) in [7, 11) is 0. The molecule has 2 aromatic rings. The van der Waals surface area contributed by atoms with Crippen LogP contribution in [0, 0.1) is 0 Å². The number of rotatable bonds is 3. The SMILES string of the molecule is Nc1nc2c(ncn2[C@@H]2C=C(CCO)[C@@H](O)[C@H]2O)c(=O)[nH]1. The fraction of sp³-hybridized carbons (Fsp3) is 0.417. The summed E-state index contributed by atoms with van der Waals surface area (Å²) in [5.74, 6) is -0.0538. The van der Waals surface area contributed by atoms with Crippen LogP contribution in [0.1, 0.15) is 12.5 Å². The first-order valence-corrected chi connectivity index (χ1v) is 6.43. The van der Waals surface area contributed by atoms with E-state index in [9.17, 15) is 15.0 Å². The van der Waals surface area contributed by atoms with E-state index in [0.717, 1.165) is 0 Å². The second kappa shape index (κ2) is 4.95. The van der Waals surface area contributed by atoms with Crippen molar-refractivity contribution in [2.75, 3.05) is 12.3 Å². The van der Waals surface area contributed by atoms with Crippen molar-refractivity contribution in [3.05, 3.63) is 28.3 Å². The minimum absolute atomic E-state index is 0.0538. The Bertz CT molecular complexity index is 765. The van der Waals surface area contributed by atoms with Crippen molar-refractivity contribution >= 4 is 17.1 Å². The Hall–Kier alpha value is -2.23. The number of hydrogen-bond donors (Lipinski definition) is 5. The van der Waals surface area contributed by atoms with Crippen LogP contribution in [0.3, 0.4) is 0 Å². The smallest absolute Gasteiger partial charge is 0.280 e. The van der Waals surface area contributed by atoms with E-state index >= 15 is 0 Å². The van der Waals surface area contributed by atoms with Gasteiger partial charge in [0.15, 0.2) is 11.2 Å². The fourth-order valence-corrected chi connectivity index (χ4v) is 2.59. The fourth-order valence-electron chi connectivity index (χ4n) is 2.59. The molecule has 0 radical (unpaired) electrons. The lowest BCUT2D eigenvalue weighted by molar-refractivity contribution is 0.0307. The van der Waals surface area contributed by atoms with Crippen molar-refractivity contribution in [1.29, 1.82) is 0 Å². The number of nitrogen functional groups attached to an aromatic ring is 1. The van der Waals surface area contributed by atoms with Crippen LogP contribution in [0.2, 0.25) is 0 Å². The molecule has 0 unspecified atom stereocenters. The number of fused-ring (bicyclic) bond motifs is 1. The molecule has 0 aromatic carbocycles. The molecule has 3 atom stereocenters. The molecule has 1 aliphatic rings. The van der Waals surface area contributed by atoms with Crippen LogP contribution >= 0.6 is 0 Å². The zero-order valence-electron chi connectivity index (χ0n) is 11.0. The van der Waals surface area contributed by atoms with Crippen LogP contribution in [0.4, 0.5) is 5.95 Å². The maximum absolute atomic E-state index is 11.7. The number of H-pyrrole nitrogens is 1. The van der Waals surface area contributed by atoms with Crippen LogP contribution in [0.5, 0.6) is 0 Å². The molecule has 2 aromatic heterocycles. The highest BCUT2D eigenvalue weighted by Gasteiger charge is 2.36. The predicted octanol–water partition coefficient (Wildman–Crippen LogP) is -1.71. The summed E-state index contributed by atoms with van der Waals surface area (Å²) >= 11 is 0. The van der Waals surface area contributed by atoms with Gasteiger partial charge >= 0.3 is 0 Å². The molecular formula is C12H15N5O4. The Labute approximate surface area is 118 Å². The van der Waals surface area contributed by atoms with E-state index in [1.807, 2.05) is 0 Å². The molecule has 9 nitrogen and oxygen atoms in total. The lowest BCUT2D eigenvalue weighted by Crippen LogP contribution is -2.29.